The third-order valence-corrected chi connectivity index (χ3v) is 4.37. The van der Waals surface area contributed by atoms with Gasteiger partial charge >= 0.3 is 5.97 Å². The molecular formula is C19H21ClN2O2S. The molecule has 0 radical (unpaired) electrons. The molecule has 0 fully saturated rings. The molecule has 0 amide bonds. The van der Waals surface area contributed by atoms with Gasteiger partial charge in [-0.3, -0.25) is 0 Å². The second kappa shape index (κ2) is 8.83. The number of thiocarbonyl (C=S) groups is 1. The lowest BCUT2D eigenvalue weighted by Gasteiger charge is -2.20. The van der Waals surface area contributed by atoms with Crippen LogP contribution in [0.3, 0.4) is 0 Å². The van der Waals surface area contributed by atoms with Crippen LogP contribution >= 0.6 is 23.8 Å². The molecule has 1 unspecified atom stereocenters. The summed E-state index contributed by atoms with van der Waals surface area (Å²) in [5.41, 5.74) is 3.35. The van der Waals surface area contributed by atoms with Gasteiger partial charge in [0.05, 0.1) is 23.7 Å². The van der Waals surface area contributed by atoms with Crippen molar-refractivity contribution in [1.82, 2.24) is 5.32 Å². The number of anilines is 1. The number of carbonyl (C=O) groups excluding carboxylic acids is 1. The third-order valence-electron chi connectivity index (χ3n) is 3.82. The Balaban J connectivity index is 2.08. The van der Waals surface area contributed by atoms with Crippen molar-refractivity contribution in [3.05, 3.63) is 64.2 Å². The van der Waals surface area contributed by atoms with Gasteiger partial charge in [-0.1, -0.05) is 48.4 Å². The Morgan fingerprint density at radius 2 is 1.92 bits per heavy atom. The number of methoxy groups -OCH3 is 1. The van der Waals surface area contributed by atoms with E-state index in [0.29, 0.717) is 21.4 Å². The van der Waals surface area contributed by atoms with Crippen LogP contribution in [0.15, 0.2) is 42.5 Å². The van der Waals surface area contributed by atoms with Crippen LogP contribution in [-0.2, 0) is 4.74 Å². The van der Waals surface area contributed by atoms with Crippen molar-refractivity contribution in [2.45, 2.75) is 26.3 Å². The fraction of sp³-hybridized carbons (Fsp3) is 0.263. The van der Waals surface area contributed by atoms with E-state index in [2.05, 4.69) is 48.7 Å². The molecule has 2 rings (SSSR count). The first-order chi connectivity index (χ1) is 11.9. The summed E-state index contributed by atoms with van der Waals surface area (Å²) in [6.07, 6.45) is 0.888. The van der Waals surface area contributed by atoms with Gasteiger partial charge in [0.25, 0.3) is 0 Å². The summed E-state index contributed by atoms with van der Waals surface area (Å²) < 4.78 is 4.73. The Morgan fingerprint density at radius 3 is 2.52 bits per heavy atom. The van der Waals surface area contributed by atoms with Gasteiger partial charge in [-0.25, -0.2) is 4.79 Å². The first kappa shape index (κ1) is 19.2. The molecule has 0 aromatic heterocycles. The van der Waals surface area contributed by atoms with Crippen LogP contribution in [0.4, 0.5) is 5.69 Å². The van der Waals surface area contributed by atoms with E-state index in [4.69, 9.17) is 28.6 Å². The van der Waals surface area contributed by atoms with Crippen LogP contribution in [0, 0.1) is 6.92 Å². The Kier molecular flexibility index (Phi) is 6.79. The number of benzene rings is 2. The van der Waals surface area contributed by atoms with Crippen LogP contribution in [0.2, 0.25) is 5.02 Å². The standard InChI is InChI=1S/C19H21ClN2O2S/c1-4-17(13-7-5-12(2)6-8-13)22-19(25)21-14-9-10-16(20)15(11-14)18(23)24-3/h5-11,17H,4H2,1-3H3,(H2,21,22,25). The van der Waals surface area contributed by atoms with E-state index in [-0.39, 0.29) is 6.04 Å². The SMILES string of the molecule is CCC(NC(=S)Nc1ccc(Cl)c(C(=O)OC)c1)c1ccc(C)cc1. The number of carbonyl (C=O) groups is 1. The highest BCUT2D eigenvalue weighted by atomic mass is 35.5. The molecule has 2 N–H and O–H groups in total. The monoisotopic (exact) mass is 376 g/mol. The smallest absolute Gasteiger partial charge is 0.339 e. The van der Waals surface area contributed by atoms with E-state index in [1.165, 1.54) is 18.2 Å². The van der Waals surface area contributed by atoms with Gasteiger partial charge in [0.2, 0.25) is 0 Å². The molecule has 0 aliphatic heterocycles. The molecule has 2 aromatic rings. The van der Waals surface area contributed by atoms with E-state index in [0.717, 1.165) is 6.42 Å². The van der Waals surface area contributed by atoms with Crippen LogP contribution in [0.1, 0.15) is 40.9 Å². The number of nitrogens with one attached hydrogen (secondary N) is 2. The molecule has 0 bridgehead atoms. The van der Waals surface area contributed by atoms with Crippen LogP contribution < -0.4 is 10.6 Å². The topological polar surface area (TPSA) is 50.4 Å². The lowest BCUT2D eigenvalue weighted by molar-refractivity contribution is 0.0601. The second-order valence-electron chi connectivity index (χ2n) is 5.66. The van der Waals surface area contributed by atoms with E-state index < -0.39 is 5.97 Å². The first-order valence-corrected chi connectivity index (χ1v) is 8.75. The van der Waals surface area contributed by atoms with Crippen molar-refractivity contribution in [3.63, 3.8) is 0 Å². The fourth-order valence-electron chi connectivity index (χ4n) is 2.41. The Labute approximate surface area is 158 Å². The van der Waals surface area contributed by atoms with E-state index in [1.54, 1.807) is 18.2 Å². The highest BCUT2D eigenvalue weighted by Crippen LogP contribution is 2.22. The highest BCUT2D eigenvalue weighted by molar-refractivity contribution is 7.80. The molecule has 0 aliphatic rings. The van der Waals surface area contributed by atoms with Crippen molar-refractivity contribution in [2.75, 3.05) is 12.4 Å². The van der Waals surface area contributed by atoms with Crippen molar-refractivity contribution >= 4 is 40.6 Å². The fourth-order valence-corrected chi connectivity index (χ4v) is 2.87. The third kappa shape index (κ3) is 5.18. The maximum atomic E-state index is 11.7. The van der Waals surface area contributed by atoms with E-state index in [1.807, 2.05) is 0 Å². The van der Waals surface area contributed by atoms with Crippen molar-refractivity contribution in [1.29, 1.82) is 0 Å². The molecule has 6 heteroatoms. The zero-order valence-corrected chi connectivity index (χ0v) is 16.0. The Hall–Kier alpha value is -2.11. The van der Waals surface area contributed by atoms with Crippen LogP contribution in [0.25, 0.3) is 0 Å². The minimum absolute atomic E-state index is 0.105. The lowest BCUT2D eigenvalue weighted by atomic mass is 10.0. The average molecular weight is 377 g/mol. The summed E-state index contributed by atoms with van der Waals surface area (Å²) in [6, 6.07) is 13.5. The molecule has 0 saturated carbocycles. The minimum Gasteiger partial charge on any atom is -0.465 e. The number of aryl methyl sites for hydroxylation is 1. The summed E-state index contributed by atoms with van der Waals surface area (Å²) in [5, 5.41) is 7.20. The van der Waals surface area contributed by atoms with Crippen molar-refractivity contribution in [3.8, 4) is 0 Å². The van der Waals surface area contributed by atoms with Gasteiger partial charge in [0.15, 0.2) is 5.11 Å². The lowest BCUT2D eigenvalue weighted by Crippen LogP contribution is -2.32. The summed E-state index contributed by atoms with van der Waals surface area (Å²) in [5.74, 6) is -0.487. The van der Waals surface area contributed by atoms with Crippen LogP contribution in [0.5, 0.6) is 0 Å². The van der Waals surface area contributed by atoms with E-state index in [9.17, 15) is 4.79 Å². The molecule has 25 heavy (non-hydrogen) atoms. The molecule has 0 spiro atoms. The predicted octanol–water partition coefficient (Wildman–Crippen LogP) is 4.87. The quantitative estimate of drug-likeness (QED) is 0.575. The predicted molar refractivity (Wildman–Crippen MR) is 106 cm³/mol. The molecule has 132 valence electrons. The molecule has 4 nitrogen and oxygen atoms in total. The number of hydrogen-bond acceptors (Lipinski definition) is 3. The largest absolute Gasteiger partial charge is 0.465 e. The molecule has 1 atom stereocenters. The second-order valence-corrected chi connectivity index (χ2v) is 6.47. The van der Waals surface area contributed by atoms with Gasteiger partial charge in [-0.15, -0.1) is 0 Å². The Bertz CT molecular complexity index is 763. The highest BCUT2D eigenvalue weighted by Gasteiger charge is 2.13. The van der Waals surface area contributed by atoms with Crippen LogP contribution in [-0.4, -0.2) is 18.2 Å². The summed E-state index contributed by atoms with van der Waals surface area (Å²) >= 11 is 11.4. The van der Waals surface area contributed by atoms with Gasteiger partial charge < -0.3 is 15.4 Å². The maximum Gasteiger partial charge on any atom is 0.339 e. The van der Waals surface area contributed by atoms with Gasteiger partial charge in [0.1, 0.15) is 0 Å². The number of rotatable bonds is 5. The molecule has 0 heterocycles. The zero-order valence-electron chi connectivity index (χ0n) is 14.4. The number of hydrogen-bond donors (Lipinski definition) is 2. The normalized spacial score (nSPS) is 11.5. The van der Waals surface area contributed by atoms with Gasteiger partial charge in [-0.05, 0) is 49.3 Å². The average Bonchev–Trinajstić information content (AvgIpc) is 2.61. The zero-order chi connectivity index (χ0) is 18.4. The van der Waals surface area contributed by atoms with Gasteiger partial charge in [0, 0.05) is 5.69 Å². The molecular weight excluding hydrogens is 356 g/mol. The van der Waals surface area contributed by atoms with Crippen molar-refractivity contribution in [2.24, 2.45) is 0 Å². The summed E-state index contributed by atoms with van der Waals surface area (Å²) in [7, 11) is 1.32. The number of halogens is 1. The Morgan fingerprint density at radius 1 is 1.24 bits per heavy atom. The van der Waals surface area contributed by atoms with Gasteiger partial charge in [-0.2, -0.15) is 0 Å². The first-order valence-electron chi connectivity index (χ1n) is 7.96. The maximum absolute atomic E-state index is 11.7. The number of ether oxygens (including phenoxy) is 1. The minimum atomic E-state index is -0.487. The van der Waals surface area contributed by atoms with Crippen molar-refractivity contribution < 1.29 is 9.53 Å². The molecule has 2 aromatic carbocycles. The number of esters is 1. The van der Waals surface area contributed by atoms with E-state index >= 15 is 0 Å². The summed E-state index contributed by atoms with van der Waals surface area (Å²) in [4.78, 5) is 11.7. The molecule has 0 saturated heterocycles. The molecule has 0 aliphatic carbocycles. The summed E-state index contributed by atoms with van der Waals surface area (Å²) in [6.45, 7) is 4.15.